The van der Waals surface area contributed by atoms with Gasteiger partial charge in [-0.3, -0.25) is 4.55 Å². The van der Waals surface area contributed by atoms with E-state index in [1.807, 2.05) is 13.8 Å². The Hall–Kier alpha value is -1.39. The summed E-state index contributed by atoms with van der Waals surface area (Å²) in [6.07, 6.45) is 0. The van der Waals surface area contributed by atoms with Crippen LogP contribution in [0.4, 0.5) is 0 Å². The average Bonchev–Trinajstić information content (AvgIpc) is 2.42. The van der Waals surface area contributed by atoms with E-state index < -0.39 is 10.1 Å². The van der Waals surface area contributed by atoms with Crippen molar-refractivity contribution in [1.82, 2.24) is 0 Å². The second kappa shape index (κ2) is 6.25. The summed E-state index contributed by atoms with van der Waals surface area (Å²) in [5.74, 6) is 0.757. The van der Waals surface area contributed by atoms with Crippen LogP contribution < -0.4 is 0 Å². The van der Waals surface area contributed by atoms with Gasteiger partial charge in [-0.2, -0.15) is 8.42 Å². The highest BCUT2D eigenvalue weighted by Gasteiger charge is 2.22. The van der Waals surface area contributed by atoms with Crippen molar-refractivity contribution in [2.75, 3.05) is 0 Å². The van der Waals surface area contributed by atoms with E-state index in [0.29, 0.717) is 17.4 Å². The highest BCUT2D eigenvalue weighted by molar-refractivity contribution is 7.85. The van der Waals surface area contributed by atoms with E-state index in [1.165, 1.54) is 17.2 Å². The van der Waals surface area contributed by atoms with Crippen LogP contribution >= 0.6 is 0 Å². The van der Waals surface area contributed by atoms with E-state index in [2.05, 4.69) is 39.8 Å². The molecule has 3 nitrogen and oxygen atoms in total. The maximum atomic E-state index is 11.8. The number of rotatable bonds is 4. The maximum Gasteiger partial charge on any atom is 0.294 e. The van der Waals surface area contributed by atoms with Crippen molar-refractivity contribution in [3.8, 4) is 0 Å². The number of hydrogen-bond acceptors (Lipinski definition) is 2. The Morgan fingerprint density at radius 3 is 1.78 bits per heavy atom. The minimum absolute atomic E-state index is 0.000497. The summed E-state index contributed by atoms with van der Waals surface area (Å²) in [6.45, 7) is 12.5. The summed E-state index contributed by atoms with van der Waals surface area (Å²) >= 11 is 0. The first-order valence-electron chi connectivity index (χ1n) is 8.12. The van der Waals surface area contributed by atoms with Gasteiger partial charge < -0.3 is 0 Å². The van der Waals surface area contributed by atoms with Gasteiger partial charge in [0.25, 0.3) is 10.1 Å². The molecule has 23 heavy (non-hydrogen) atoms. The third kappa shape index (κ3) is 3.43. The van der Waals surface area contributed by atoms with Crippen molar-refractivity contribution < 1.29 is 13.0 Å². The molecular formula is C19H26O3S. The fraction of sp³-hybridized carbons (Fsp3) is 0.474. The minimum atomic E-state index is -4.23. The second-order valence-corrected chi connectivity index (χ2v) is 8.51. The molecule has 0 aliphatic carbocycles. The lowest BCUT2D eigenvalue weighted by atomic mass is 9.85. The van der Waals surface area contributed by atoms with Crippen LogP contribution in [0.1, 0.15) is 76.0 Å². The van der Waals surface area contributed by atoms with E-state index in [0.717, 1.165) is 10.8 Å². The number of benzene rings is 2. The van der Waals surface area contributed by atoms with Gasteiger partial charge in [0.15, 0.2) is 0 Å². The molecule has 0 saturated carbocycles. The Bertz CT molecular complexity index is 831. The van der Waals surface area contributed by atoms with Gasteiger partial charge in [0.1, 0.15) is 0 Å². The Morgan fingerprint density at radius 1 is 0.826 bits per heavy atom. The van der Waals surface area contributed by atoms with Crippen LogP contribution in [0.25, 0.3) is 10.8 Å². The predicted octanol–water partition coefficient (Wildman–Crippen LogP) is 5.46. The fourth-order valence-corrected chi connectivity index (χ4v) is 4.09. The highest BCUT2D eigenvalue weighted by atomic mass is 32.2. The lowest BCUT2D eigenvalue weighted by Crippen LogP contribution is -2.07. The fourth-order valence-electron chi connectivity index (χ4n) is 3.23. The van der Waals surface area contributed by atoms with Crippen LogP contribution in [0.5, 0.6) is 0 Å². The molecule has 0 atom stereocenters. The van der Waals surface area contributed by atoms with Gasteiger partial charge in [0, 0.05) is 0 Å². The van der Waals surface area contributed by atoms with Crippen molar-refractivity contribution in [2.24, 2.45) is 0 Å². The molecule has 4 heteroatoms. The van der Waals surface area contributed by atoms with Crippen LogP contribution in [0.3, 0.4) is 0 Å². The molecule has 0 bridgehead atoms. The zero-order chi connectivity index (χ0) is 17.5. The first-order chi connectivity index (χ1) is 10.5. The molecule has 2 aromatic carbocycles. The second-order valence-electron chi connectivity index (χ2n) is 7.12. The Kier molecular flexibility index (Phi) is 4.88. The maximum absolute atomic E-state index is 11.8. The molecule has 0 fully saturated rings. The molecule has 0 amide bonds. The molecule has 0 aromatic heterocycles. The summed E-state index contributed by atoms with van der Waals surface area (Å²) in [5.41, 5.74) is 3.23. The zero-order valence-corrected chi connectivity index (χ0v) is 15.5. The lowest BCUT2D eigenvalue weighted by molar-refractivity contribution is 0.481. The average molecular weight is 334 g/mol. The molecule has 1 N–H and O–H groups in total. The Balaban J connectivity index is 2.96. The van der Waals surface area contributed by atoms with E-state index in [-0.39, 0.29) is 10.8 Å². The summed E-state index contributed by atoms with van der Waals surface area (Å²) in [7, 11) is -4.23. The van der Waals surface area contributed by atoms with E-state index >= 15 is 0 Å². The van der Waals surface area contributed by atoms with Crippen LogP contribution in [0, 0.1) is 0 Å². The molecule has 0 spiro atoms. The zero-order valence-electron chi connectivity index (χ0n) is 14.7. The van der Waals surface area contributed by atoms with Crippen molar-refractivity contribution in [3.05, 3.63) is 41.0 Å². The largest absolute Gasteiger partial charge is 0.294 e. The van der Waals surface area contributed by atoms with Gasteiger partial charge in [0.2, 0.25) is 0 Å². The lowest BCUT2D eigenvalue weighted by Gasteiger charge is -2.21. The van der Waals surface area contributed by atoms with Crippen molar-refractivity contribution in [2.45, 2.75) is 64.2 Å². The molecule has 0 radical (unpaired) electrons. The van der Waals surface area contributed by atoms with E-state index in [1.54, 1.807) is 6.07 Å². The minimum Gasteiger partial charge on any atom is -0.282 e. The molecule has 126 valence electrons. The predicted molar refractivity (Wildman–Crippen MR) is 96.0 cm³/mol. The number of fused-ring (bicyclic) bond motifs is 1. The van der Waals surface area contributed by atoms with Crippen LogP contribution in [0.2, 0.25) is 0 Å². The van der Waals surface area contributed by atoms with Gasteiger partial charge in [0.05, 0.1) is 4.90 Å². The Morgan fingerprint density at radius 2 is 1.35 bits per heavy atom. The molecule has 2 rings (SSSR count). The van der Waals surface area contributed by atoms with Gasteiger partial charge in [-0.15, -0.1) is 0 Å². The SMILES string of the molecule is CC(C)c1cc2ccc(S(=O)(=O)O)c(C(C)C)c2cc1C(C)C. The quantitative estimate of drug-likeness (QED) is 0.756. The molecule has 2 aromatic rings. The van der Waals surface area contributed by atoms with Gasteiger partial charge in [-0.05, 0) is 51.3 Å². The van der Waals surface area contributed by atoms with E-state index in [4.69, 9.17) is 0 Å². The third-order valence-electron chi connectivity index (χ3n) is 4.32. The topological polar surface area (TPSA) is 54.4 Å². The van der Waals surface area contributed by atoms with E-state index in [9.17, 15) is 13.0 Å². The molecule has 0 heterocycles. The van der Waals surface area contributed by atoms with Crippen molar-refractivity contribution in [3.63, 3.8) is 0 Å². The monoisotopic (exact) mass is 334 g/mol. The van der Waals surface area contributed by atoms with Crippen LogP contribution in [-0.4, -0.2) is 13.0 Å². The van der Waals surface area contributed by atoms with Gasteiger partial charge in [-0.1, -0.05) is 59.7 Å². The highest BCUT2D eigenvalue weighted by Crippen LogP contribution is 2.36. The molecule has 0 aliphatic heterocycles. The standard InChI is InChI=1S/C19H26O3S/c1-11(2)15-9-14-7-8-18(23(20,21)22)19(13(5)6)17(14)10-16(15)12(3)4/h7-13H,1-6H3,(H,20,21,22). The van der Waals surface area contributed by atoms with Crippen LogP contribution in [0.15, 0.2) is 29.2 Å². The van der Waals surface area contributed by atoms with Gasteiger partial charge >= 0.3 is 0 Å². The molecule has 0 unspecified atom stereocenters. The number of hydrogen-bond donors (Lipinski definition) is 1. The third-order valence-corrected chi connectivity index (χ3v) is 5.24. The molecule has 0 aliphatic rings. The summed E-state index contributed by atoms with van der Waals surface area (Å²) in [4.78, 5) is 0.0204. The first-order valence-corrected chi connectivity index (χ1v) is 9.56. The molecular weight excluding hydrogens is 308 g/mol. The van der Waals surface area contributed by atoms with Crippen molar-refractivity contribution in [1.29, 1.82) is 0 Å². The summed E-state index contributed by atoms with van der Waals surface area (Å²) < 4.78 is 33.1. The van der Waals surface area contributed by atoms with Crippen LogP contribution in [-0.2, 0) is 10.1 Å². The smallest absolute Gasteiger partial charge is 0.282 e. The summed E-state index contributed by atoms with van der Waals surface area (Å²) in [6, 6.07) is 7.58. The van der Waals surface area contributed by atoms with Gasteiger partial charge in [-0.25, -0.2) is 0 Å². The summed E-state index contributed by atoms with van der Waals surface area (Å²) in [5, 5.41) is 1.94. The molecule has 0 saturated heterocycles. The Labute approximate surface area is 139 Å². The normalized spacial score (nSPS) is 12.8. The first kappa shape index (κ1) is 18.0. The van der Waals surface area contributed by atoms with Crippen molar-refractivity contribution >= 4 is 20.9 Å².